The lowest BCUT2D eigenvalue weighted by molar-refractivity contribution is 0.299. The van der Waals surface area contributed by atoms with E-state index in [1.165, 1.54) is 22.4 Å². The quantitative estimate of drug-likeness (QED) is 0.756. The van der Waals surface area contributed by atoms with Crippen LogP contribution < -0.4 is 5.32 Å². The zero-order valence-corrected chi connectivity index (χ0v) is 8.38. The van der Waals surface area contributed by atoms with Crippen LogP contribution in [0.3, 0.4) is 0 Å². The molecule has 14 heavy (non-hydrogen) atoms. The molecule has 1 aromatic carbocycles. The molecule has 0 heterocycles. The van der Waals surface area contributed by atoms with Crippen LogP contribution in [0.5, 0.6) is 0 Å². The first-order chi connectivity index (χ1) is 6.83. The summed E-state index contributed by atoms with van der Waals surface area (Å²) in [5.74, 6) is 0. The zero-order valence-electron chi connectivity index (χ0n) is 8.38. The van der Waals surface area contributed by atoms with E-state index in [-0.39, 0.29) is 6.61 Å². The predicted octanol–water partition coefficient (Wildman–Crippen LogP) is 1.56. The summed E-state index contributed by atoms with van der Waals surface area (Å²) in [7, 11) is 0. The largest absolute Gasteiger partial charge is 0.395 e. The van der Waals surface area contributed by atoms with Crippen molar-refractivity contribution in [2.24, 2.45) is 0 Å². The van der Waals surface area contributed by atoms with Gasteiger partial charge in [0, 0.05) is 17.8 Å². The minimum absolute atomic E-state index is 0.180. The molecule has 1 aliphatic carbocycles. The molecule has 0 bridgehead atoms. The topological polar surface area (TPSA) is 32.3 Å². The van der Waals surface area contributed by atoms with E-state index >= 15 is 0 Å². The van der Waals surface area contributed by atoms with E-state index in [0.717, 1.165) is 6.42 Å². The van der Waals surface area contributed by atoms with E-state index in [1.54, 1.807) is 0 Å². The number of benzene rings is 1. The molecule has 0 saturated heterocycles. The van der Waals surface area contributed by atoms with Gasteiger partial charge >= 0.3 is 0 Å². The molecule has 1 aromatic rings. The Morgan fingerprint density at radius 3 is 2.93 bits per heavy atom. The van der Waals surface area contributed by atoms with Gasteiger partial charge in [-0.15, -0.1) is 0 Å². The Morgan fingerprint density at radius 1 is 1.36 bits per heavy atom. The highest BCUT2D eigenvalue weighted by atomic mass is 16.3. The second-order valence-corrected chi connectivity index (χ2v) is 3.64. The molecule has 1 aliphatic rings. The first-order valence-corrected chi connectivity index (χ1v) is 4.95. The normalized spacial score (nSPS) is 14.4. The van der Waals surface area contributed by atoms with Gasteiger partial charge in [0.05, 0.1) is 6.61 Å². The highest BCUT2D eigenvalue weighted by Gasteiger charge is 2.17. The lowest BCUT2D eigenvalue weighted by Gasteiger charge is -2.08. The minimum Gasteiger partial charge on any atom is -0.395 e. The summed E-state index contributed by atoms with van der Waals surface area (Å²) in [6.07, 6.45) is 1.03. The Bertz CT molecular complexity index is 368. The number of rotatable bonds is 3. The number of hydrogen-bond acceptors (Lipinski definition) is 2. The maximum atomic E-state index is 8.78. The van der Waals surface area contributed by atoms with Crippen molar-refractivity contribution in [2.75, 3.05) is 13.2 Å². The Labute approximate surface area is 84.3 Å². The molecule has 2 nitrogen and oxygen atoms in total. The van der Waals surface area contributed by atoms with Crippen molar-refractivity contribution in [1.29, 1.82) is 0 Å². The molecule has 2 rings (SSSR count). The van der Waals surface area contributed by atoms with Crippen molar-refractivity contribution in [3.63, 3.8) is 0 Å². The second-order valence-electron chi connectivity index (χ2n) is 3.64. The number of nitrogens with one attached hydrogen (secondary N) is 1. The summed E-state index contributed by atoms with van der Waals surface area (Å²) >= 11 is 0. The maximum Gasteiger partial charge on any atom is 0.0604 e. The van der Waals surface area contributed by atoms with E-state index in [1.807, 2.05) is 0 Å². The molecule has 0 saturated carbocycles. The zero-order chi connectivity index (χ0) is 9.97. The highest BCUT2D eigenvalue weighted by Crippen LogP contribution is 2.30. The molecule has 0 amide bonds. The molecular formula is C12H15NO. The van der Waals surface area contributed by atoms with Crippen molar-refractivity contribution in [3.8, 4) is 0 Å². The van der Waals surface area contributed by atoms with Crippen molar-refractivity contribution in [1.82, 2.24) is 5.32 Å². The average molecular weight is 189 g/mol. The molecule has 74 valence electrons. The average Bonchev–Trinajstić information content (AvgIpc) is 2.51. The summed E-state index contributed by atoms with van der Waals surface area (Å²) in [5, 5.41) is 12.0. The molecule has 0 aliphatic heterocycles. The van der Waals surface area contributed by atoms with Gasteiger partial charge in [0.15, 0.2) is 0 Å². The van der Waals surface area contributed by atoms with Crippen LogP contribution in [0, 0.1) is 0 Å². The van der Waals surface area contributed by atoms with Crippen LogP contribution in [0.25, 0.3) is 5.70 Å². The lowest BCUT2D eigenvalue weighted by atomic mass is 10.1. The predicted molar refractivity (Wildman–Crippen MR) is 57.8 cm³/mol. The summed E-state index contributed by atoms with van der Waals surface area (Å²) in [6, 6.07) is 8.41. The highest BCUT2D eigenvalue weighted by molar-refractivity contribution is 5.74. The Kier molecular flexibility index (Phi) is 2.55. The molecular weight excluding hydrogens is 174 g/mol. The van der Waals surface area contributed by atoms with E-state index < -0.39 is 0 Å². The van der Waals surface area contributed by atoms with Crippen LogP contribution in [-0.2, 0) is 6.42 Å². The van der Waals surface area contributed by atoms with Crippen molar-refractivity contribution < 1.29 is 5.11 Å². The minimum atomic E-state index is 0.180. The summed E-state index contributed by atoms with van der Waals surface area (Å²) in [6.45, 7) is 2.94. The molecule has 0 atom stereocenters. The molecule has 2 heteroatoms. The monoisotopic (exact) mass is 189 g/mol. The third-order valence-electron chi connectivity index (χ3n) is 2.58. The first-order valence-electron chi connectivity index (χ1n) is 4.95. The molecule has 2 N–H and O–H groups in total. The van der Waals surface area contributed by atoms with Gasteiger partial charge in [0.25, 0.3) is 0 Å². The molecule has 0 unspecified atom stereocenters. The van der Waals surface area contributed by atoms with Gasteiger partial charge < -0.3 is 10.4 Å². The number of allylic oxidation sites excluding steroid dienone is 1. The third kappa shape index (κ3) is 1.53. The smallest absolute Gasteiger partial charge is 0.0604 e. The van der Waals surface area contributed by atoms with Gasteiger partial charge in [-0.05, 0) is 24.5 Å². The van der Waals surface area contributed by atoms with Crippen LogP contribution in [0.4, 0.5) is 0 Å². The van der Waals surface area contributed by atoms with Gasteiger partial charge in [0.1, 0.15) is 0 Å². The van der Waals surface area contributed by atoms with E-state index in [0.29, 0.717) is 6.54 Å². The first kappa shape index (κ1) is 9.28. The third-order valence-corrected chi connectivity index (χ3v) is 2.58. The van der Waals surface area contributed by atoms with Crippen LogP contribution >= 0.6 is 0 Å². The molecule has 0 spiro atoms. The van der Waals surface area contributed by atoms with Crippen LogP contribution in [0.1, 0.15) is 18.1 Å². The SMILES string of the molecule is CC1=C(NCCO)c2ccccc2C1. The van der Waals surface area contributed by atoms with Gasteiger partial charge in [-0.3, -0.25) is 0 Å². The molecule has 0 fully saturated rings. The van der Waals surface area contributed by atoms with E-state index in [9.17, 15) is 0 Å². The lowest BCUT2D eigenvalue weighted by Crippen LogP contribution is -2.16. The Morgan fingerprint density at radius 2 is 2.14 bits per heavy atom. The van der Waals surface area contributed by atoms with Crippen LogP contribution in [0.2, 0.25) is 0 Å². The van der Waals surface area contributed by atoms with E-state index in [2.05, 4.69) is 36.5 Å². The standard InChI is InChI=1S/C12H15NO/c1-9-8-10-4-2-3-5-11(10)12(9)13-6-7-14/h2-5,13-14H,6-8H2,1H3. The fourth-order valence-corrected chi connectivity index (χ4v) is 1.95. The summed E-state index contributed by atoms with van der Waals surface area (Å²) in [5.41, 5.74) is 5.23. The van der Waals surface area contributed by atoms with Crippen molar-refractivity contribution in [3.05, 3.63) is 41.0 Å². The Balaban J connectivity index is 2.27. The summed E-state index contributed by atoms with van der Waals surface area (Å²) < 4.78 is 0. The number of aliphatic hydroxyl groups excluding tert-OH is 1. The van der Waals surface area contributed by atoms with E-state index in [4.69, 9.17) is 5.11 Å². The van der Waals surface area contributed by atoms with Crippen molar-refractivity contribution in [2.45, 2.75) is 13.3 Å². The van der Waals surface area contributed by atoms with Gasteiger partial charge in [-0.1, -0.05) is 24.3 Å². The van der Waals surface area contributed by atoms with Crippen LogP contribution in [0.15, 0.2) is 29.8 Å². The molecule has 0 radical (unpaired) electrons. The second kappa shape index (κ2) is 3.84. The van der Waals surface area contributed by atoms with Gasteiger partial charge in [0.2, 0.25) is 0 Å². The number of aliphatic hydroxyl groups is 1. The number of fused-ring (bicyclic) bond motifs is 1. The fourth-order valence-electron chi connectivity index (χ4n) is 1.95. The van der Waals surface area contributed by atoms with Gasteiger partial charge in [-0.25, -0.2) is 0 Å². The van der Waals surface area contributed by atoms with Crippen LogP contribution in [-0.4, -0.2) is 18.3 Å². The molecule has 0 aromatic heterocycles. The Hall–Kier alpha value is -1.28. The maximum absolute atomic E-state index is 8.78. The number of hydrogen-bond donors (Lipinski definition) is 2. The fraction of sp³-hybridized carbons (Fsp3) is 0.333. The van der Waals surface area contributed by atoms with Crippen molar-refractivity contribution >= 4 is 5.70 Å². The van der Waals surface area contributed by atoms with Gasteiger partial charge in [-0.2, -0.15) is 0 Å². The summed E-state index contributed by atoms with van der Waals surface area (Å²) in [4.78, 5) is 0.